The number of anilines is 1. The van der Waals surface area contributed by atoms with Crippen molar-refractivity contribution in [3.8, 4) is 0 Å². The molecular weight excluding hydrogens is 246 g/mol. The van der Waals surface area contributed by atoms with Gasteiger partial charge in [0.05, 0.1) is 11.0 Å². The number of hydrogen-bond acceptors (Lipinski definition) is 2. The number of imidazole rings is 1. The van der Waals surface area contributed by atoms with Gasteiger partial charge >= 0.3 is 0 Å². The third kappa shape index (κ3) is 2.30. The van der Waals surface area contributed by atoms with E-state index in [4.69, 9.17) is 10.7 Å². The molecule has 1 aliphatic rings. The standard InChI is InChI=1S/C17H25N3/c1-3-12-6-5-7-14(10-12)20-16-9-8-13(18)11-15(16)19-17(20)4-2/h8-9,11-12,14H,3-7,10,18H2,1-2H3. The van der Waals surface area contributed by atoms with Crippen molar-refractivity contribution < 1.29 is 0 Å². The Kier molecular flexibility index (Phi) is 3.68. The summed E-state index contributed by atoms with van der Waals surface area (Å²) in [6.07, 6.45) is 7.63. The molecule has 0 saturated heterocycles. The van der Waals surface area contributed by atoms with E-state index in [0.29, 0.717) is 6.04 Å². The lowest BCUT2D eigenvalue weighted by molar-refractivity contribution is 0.261. The Hall–Kier alpha value is -1.51. The molecule has 108 valence electrons. The third-order valence-corrected chi connectivity index (χ3v) is 4.80. The van der Waals surface area contributed by atoms with Crippen LogP contribution in [0, 0.1) is 5.92 Å². The second kappa shape index (κ2) is 5.47. The fourth-order valence-corrected chi connectivity index (χ4v) is 3.69. The predicted octanol–water partition coefficient (Wildman–Crippen LogP) is 4.32. The van der Waals surface area contributed by atoms with Crippen LogP contribution < -0.4 is 5.73 Å². The van der Waals surface area contributed by atoms with E-state index in [2.05, 4.69) is 24.5 Å². The summed E-state index contributed by atoms with van der Waals surface area (Å²) in [7, 11) is 0. The normalized spacial score (nSPS) is 23.3. The molecule has 3 nitrogen and oxygen atoms in total. The molecule has 2 atom stereocenters. The zero-order chi connectivity index (χ0) is 14.1. The molecule has 1 aromatic carbocycles. The monoisotopic (exact) mass is 271 g/mol. The Bertz CT molecular complexity index is 600. The van der Waals surface area contributed by atoms with E-state index in [0.717, 1.165) is 23.5 Å². The van der Waals surface area contributed by atoms with Crippen LogP contribution in [-0.2, 0) is 6.42 Å². The molecule has 2 aromatic rings. The Morgan fingerprint density at radius 3 is 2.90 bits per heavy atom. The number of benzene rings is 1. The van der Waals surface area contributed by atoms with E-state index < -0.39 is 0 Å². The van der Waals surface area contributed by atoms with Crippen LogP contribution in [0.5, 0.6) is 0 Å². The second-order valence-corrected chi connectivity index (χ2v) is 6.09. The highest BCUT2D eigenvalue weighted by molar-refractivity contribution is 5.79. The first kappa shape index (κ1) is 13.5. The number of aromatic nitrogens is 2. The van der Waals surface area contributed by atoms with Crippen LogP contribution in [0.2, 0.25) is 0 Å². The summed E-state index contributed by atoms with van der Waals surface area (Å²) < 4.78 is 2.50. The topological polar surface area (TPSA) is 43.8 Å². The van der Waals surface area contributed by atoms with Crippen LogP contribution in [0.25, 0.3) is 11.0 Å². The number of nitrogen functional groups attached to an aromatic ring is 1. The number of hydrogen-bond donors (Lipinski definition) is 1. The fraction of sp³-hybridized carbons (Fsp3) is 0.588. The summed E-state index contributed by atoms with van der Waals surface area (Å²) in [6.45, 7) is 4.52. The van der Waals surface area contributed by atoms with Gasteiger partial charge in [0.2, 0.25) is 0 Å². The number of fused-ring (bicyclic) bond motifs is 1. The average molecular weight is 271 g/mol. The van der Waals surface area contributed by atoms with Gasteiger partial charge in [0.1, 0.15) is 5.82 Å². The summed E-state index contributed by atoms with van der Waals surface area (Å²) in [4.78, 5) is 4.80. The minimum atomic E-state index is 0.622. The smallest absolute Gasteiger partial charge is 0.109 e. The molecule has 2 unspecified atom stereocenters. The fourth-order valence-electron chi connectivity index (χ4n) is 3.69. The summed E-state index contributed by atoms with van der Waals surface area (Å²) in [6, 6.07) is 6.77. The van der Waals surface area contributed by atoms with Gasteiger partial charge in [-0.05, 0) is 37.0 Å². The van der Waals surface area contributed by atoms with Crippen LogP contribution >= 0.6 is 0 Å². The average Bonchev–Trinajstić information content (AvgIpc) is 2.84. The molecule has 1 aliphatic carbocycles. The van der Waals surface area contributed by atoms with Crippen molar-refractivity contribution in [3.05, 3.63) is 24.0 Å². The first-order chi connectivity index (χ1) is 9.72. The molecule has 3 heteroatoms. The first-order valence-corrected chi connectivity index (χ1v) is 7.99. The van der Waals surface area contributed by atoms with Crippen LogP contribution in [0.3, 0.4) is 0 Å². The lowest BCUT2D eigenvalue weighted by Gasteiger charge is -2.31. The van der Waals surface area contributed by atoms with E-state index in [9.17, 15) is 0 Å². The van der Waals surface area contributed by atoms with Gasteiger partial charge < -0.3 is 10.3 Å². The maximum Gasteiger partial charge on any atom is 0.109 e. The molecule has 0 spiro atoms. The van der Waals surface area contributed by atoms with Gasteiger partial charge in [-0.3, -0.25) is 0 Å². The highest BCUT2D eigenvalue weighted by atomic mass is 15.1. The Labute approximate surface area is 121 Å². The Balaban J connectivity index is 2.04. The predicted molar refractivity (Wildman–Crippen MR) is 84.8 cm³/mol. The van der Waals surface area contributed by atoms with Crippen molar-refractivity contribution in [2.45, 2.75) is 58.4 Å². The SMILES string of the molecule is CCc1nc2cc(N)ccc2n1C1CCCC(CC)C1. The molecule has 1 saturated carbocycles. The summed E-state index contributed by atoms with van der Waals surface area (Å²) in [5, 5.41) is 0. The number of rotatable bonds is 3. The van der Waals surface area contributed by atoms with Crippen molar-refractivity contribution in [3.63, 3.8) is 0 Å². The second-order valence-electron chi connectivity index (χ2n) is 6.09. The number of nitrogens with zero attached hydrogens (tertiary/aromatic N) is 2. The largest absolute Gasteiger partial charge is 0.399 e. The summed E-state index contributed by atoms with van der Waals surface area (Å²) in [5.74, 6) is 2.09. The van der Waals surface area contributed by atoms with Crippen molar-refractivity contribution in [2.24, 2.45) is 5.92 Å². The summed E-state index contributed by atoms with van der Waals surface area (Å²) >= 11 is 0. The van der Waals surface area contributed by atoms with Crippen molar-refractivity contribution in [1.82, 2.24) is 9.55 Å². The lowest BCUT2D eigenvalue weighted by atomic mass is 9.84. The molecule has 0 amide bonds. The van der Waals surface area contributed by atoms with E-state index in [1.807, 2.05) is 12.1 Å². The Morgan fingerprint density at radius 2 is 2.15 bits per heavy atom. The molecule has 0 aliphatic heterocycles. The zero-order valence-electron chi connectivity index (χ0n) is 12.6. The molecule has 20 heavy (non-hydrogen) atoms. The first-order valence-electron chi connectivity index (χ1n) is 7.99. The zero-order valence-corrected chi connectivity index (χ0v) is 12.6. The molecule has 0 radical (unpaired) electrons. The van der Waals surface area contributed by atoms with Crippen molar-refractivity contribution in [1.29, 1.82) is 0 Å². The van der Waals surface area contributed by atoms with Gasteiger partial charge in [-0.15, -0.1) is 0 Å². The quantitative estimate of drug-likeness (QED) is 0.845. The molecule has 0 bridgehead atoms. The molecule has 2 N–H and O–H groups in total. The van der Waals surface area contributed by atoms with Crippen molar-refractivity contribution >= 4 is 16.7 Å². The number of aryl methyl sites for hydroxylation is 1. The maximum absolute atomic E-state index is 5.90. The molecule has 1 fully saturated rings. The molecule has 1 heterocycles. The van der Waals surface area contributed by atoms with E-state index in [1.165, 1.54) is 43.4 Å². The van der Waals surface area contributed by atoms with Crippen LogP contribution in [0.4, 0.5) is 5.69 Å². The summed E-state index contributed by atoms with van der Waals surface area (Å²) in [5.41, 5.74) is 9.02. The number of nitrogens with two attached hydrogens (primary N) is 1. The van der Waals surface area contributed by atoms with Gasteiger partial charge in [0.25, 0.3) is 0 Å². The van der Waals surface area contributed by atoms with Gasteiger partial charge in [0.15, 0.2) is 0 Å². The van der Waals surface area contributed by atoms with Gasteiger partial charge in [-0.25, -0.2) is 4.98 Å². The van der Waals surface area contributed by atoms with Crippen LogP contribution in [-0.4, -0.2) is 9.55 Å². The van der Waals surface area contributed by atoms with Crippen LogP contribution in [0.1, 0.15) is 57.8 Å². The van der Waals surface area contributed by atoms with E-state index in [1.54, 1.807) is 0 Å². The molecule has 3 rings (SSSR count). The minimum absolute atomic E-state index is 0.622. The highest BCUT2D eigenvalue weighted by Crippen LogP contribution is 2.37. The van der Waals surface area contributed by atoms with Gasteiger partial charge in [-0.2, -0.15) is 0 Å². The van der Waals surface area contributed by atoms with Gasteiger partial charge in [-0.1, -0.05) is 33.1 Å². The molecule has 1 aromatic heterocycles. The third-order valence-electron chi connectivity index (χ3n) is 4.80. The minimum Gasteiger partial charge on any atom is -0.399 e. The highest BCUT2D eigenvalue weighted by Gasteiger charge is 2.25. The van der Waals surface area contributed by atoms with E-state index in [-0.39, 0.29) is 0 Å². The Morgan fingerprint density at radius 1 is 1.30 bits per heavy atom. The van der Waals surface area contributed by atoms with Gasteiger partial charge in [0, 0.05) is 18.2 Å². The lowest BCUT2D eigenvalue weighted by Crippen LogP contribution is -2.20. The molecular formula is C17H25N3. The van der Waals surface area contributed by atoms with Crippen LogP contribution in [0.15, 0.2) is 18.2 Å². The van der Waals surface area contributed by atoms with Crippen molar-refractivity contribution in [2.75, 3.05) is 5.73 Å². The maximum atomic E-state index is 5.90. The van der Waals surface area contributed by atoms with E-state index >= 15 is 0 Å².